The molecule has 1 fully saturated rings. The van der Waals surface area contributed by atoms with E-state index < -0.39 is 5.97 Å². The molecule has 0 bridgehead atoms. The van der Waals surface area contributed by atoms with E-state index in [0.29, 0.717) is 0 Å². The number of aromatic nitrogens is 2. The molecular formula is C12H17N3O2. The molecule has 1 unspecified atom stereocenters. The summed E-state index contributed by atoms with van der Waals surface area (Å²) in [6.45, 7) is 5.49. The molecule has 5 heteroatoms. The van der Waals surface area contributed by atoms with Gasteiger partial charge in [0.05, 0.1) is 0 Å². The summed E-state index contributed by atoms with van der Waals surface area (Å²) in [6.07, 6.45) is 1.17. The van der Waals surface area contributed by atoms with Crippen molar-refractivity contribution in [1.82, 2.24) is 9.97 Å². The zero-order valence-corrected chi connectivity index (χ0v) is 10.2. The molecule has 0 radical (unpaired) electrons. The van der Waals surface area contributed by atoms with Crippen LogP contribution in [0.2, 0.25) is 0 Å². The van der Waals surface area contributed by atoms with E-state index in [1.165, 1.54) is 0 Å². The second kappa shape index (κ2) is 4.69. The maximum absolute atomic E-state index is 10.7. The Labute approximate surface area is 100 Å². The van der Waals surface area contributed by atoms with Gasteiger partial charge in [-0.05, 0) is 26.2 Å². The molecule has 1 saturated heterocycles. The van der Waals surface area contributed by atoms with Gasteiger partial charge in [-0.3, -0.25) is 4.79 Å². The number of aliphatic carboxylic acids is 1. The fraction of sp³-hybridized carbons (Fsp3) is 0.583. The molecule has 1 aliphatic heterocycles. The summed E-state index contributed by atoms with van der Waals surface area (Å²) in [6, 6.07) is 1.95. The number of aryl methyl sites for hydroxylation is 2. The van der Waals surface area contributed by atoms with Crippen molar-refractivity contribution in [3.05, 3.63) is 17.6 Å². The van der Waals surface area contributed by atoms with Crippen molar-refractivity contribution in [2.75, 3.05) is 18.0 Å². The van der Waals surface area contributed by atoms with Crippen molar-refractivity contribution in [2.45, 2.75) is 26.7 Å². The average Bonchev–Trinajstić information content (AvgIpc) is 2.63. The van der Waals surface area contributed by atoms with Crippen LogP contribution in [0, 0.1) is 19.8 Å². The first kappa shape index (κ1) is 11.8. The second-order valence-corrected chi connectivity index (χ2v) is 4.61. The van der Waals surface area contributed by atoms with Crippen molar-refractivity contribution >= 4 is 11.8 Å². The fourth-order valence-corrected chi connectivity index (χ4v) is 2.31. The van der Waals surface area contributed by atoms with E-state index in [2.05, 4.69) is 14.9 Å². The van der Waals surface area contributed by atoms with Crippen LogP contribution in [0.15, 0.2) is 6.07 Å². The molecule has 1 aliphatic rings. The number of rotatable bonds is 3. The molecule has 92 valence electrons. The van der Waals surface area contributed by atoms with E-state index in [4.69, 9.17) is 5.11 Å². The molecule has 0 amide bonds. The van der Waals surface area contributed by atoms with Crippen LogP contribution in [0.3, 0.4) is 0 Å². The third kappa shape index (κ3) is 2.93. The van der Waals surface area contributed by atoms with Crippen LogP contribution in [0.5, 0.6) is 0 Å². The minimum atomic E-state index is -0.716. The predicted octanol–water partition coefficient (Wildman–Crippen LogP) is 1.39. The van der Waals surface area contributed by atoms with Gasteiger partial charge in [0.2, 0.25) is 0 Å². The third-order valence-corrected chi connectivity index (χ3v) is 3.03. The Bertz CT molecular complexity index is 414. The highest BCUT2D eigenvalue weighted by Crippen LogP contribution is 2.24. The van der Waals surface area contributed by atoms with E-state index in [1.807, 2.05) is 19.9 Å². The number of anilines is 1. The zero-order chi connectivity index (χ0) is 12.4. The lowest BCUT2D eigenvalue weighted by Crippen LogP contribution is -2.22. The van der Waals surface area contributed by atoms with Crippen molar-refractivity contribution in [3.8, 4) is 0 Å². The van der Waals surface area contributed by atoms with Crippen LogP contribution in [0.4, 0.5) is 5.82 Å². The van der Waals surface area contributed by atoms with Crippen LogP contribution in [0.1, 0.15) is 24.4 Å². The van der Waals surface area contributed by atoms with Crippen LogP contribution in [0.25, 0.3) is 0 Å². The van der Waals surface area contributed by atoms with Crippen LogP contribution >= 0.6 is 0 Å². The summed E-state index contributed by atoms with van der Waals surface area (Å²) in [5.74, 6) is 1.21. The maximum atomic E-state index is 10.7. The summed E-state index contributed by atoms with van der Waals surface area (Å²) in [4.78, 5) is 21.4. The van der Waals surface area contributed by atoms with E-state index >= 15 is 0 Å². The highest BCUT2D eigenvalue weighted by molar-refractivity contribution is 5.67. The van der Waals surface area contributed by atoms with Crippen LogP contribution in [-0.4, -0.2) is 34.1 Å². The van der Waals surface area contributed by atoms with E-state index in [9.17, 15) is 4.79 Å². The Kier molecular flexibility index (Phi) is 3.26. The monoisotopic (exact) mass is 235 g/mol. The normalized spacial score (nSPS) is 19.6. The van der Waals surface area contributed by atoms with Gasteiger partial charge in [0.1, 0.15) is 11.6 Å². The molecule has 1 atom stereocenters. The summed E-state index contributed by atoms with van der Waals surface area (Å²) >= 11 is 0. The Morgan fingerprint density at radius 3 is 2.94 bits per heavy atom. The van der Waals surface area contributed by atoms with E-state index in [-0.39, 0.29) is 12.3 Å². The minimum Gasteiger partial charge on any atom is -0.481 e. The summed E-state index contributed by atoms with van der Waals surface area (Å²) in [5, 5.41) is 8.77. The largest absolute Gasteiger partial charge is 0.481 e. The topological polar surface area (TPSA) is 66.3 Å². The number of nitrogens with zero attached hydrogens (tertiary/aromatic N) is 3. The minimum absolute atomic E-state index is 0.239. The summed E-state index contributed by atoms with van der Waals surface area (Å²) in [7, 11) is 0. The van der Waals surface area contributed by atoms with E-state index in [0.717, 1.165) is 36.8 Å². The molecule has 1 aromatic heterocycles. The SMILES string of the molecule is Cc1cc(N2CCC(CC(=O)O)C2)nc(C)n1. The number of carbonyl (C=O) groups is 1. The number of hydrogen-bond acceptors (Lipinski definition) is 4. The van der Waals surface area contributed by atoms with Crippen molar-refractivity contribution < 1.29 is 9.90 Å². The molecule has 0 aromatic carbocycles. The second-order valence-electron chi connectivity index (χ2n) is 4.61. The first-order chi connectivity index (χ1) is 8.04. The Hall–Kier alpha value is -1.65. The third-order valence-electron chi connectivity index (χ3n) is 3.03. The molecule has 0 saturated carbocycles. The molecule has 0 spiro atoms. The van der Waals surface area contributed by atoms with Gasteiger partial charge in [0.25, 0.3) is 0 Å². The molecule has 0 aliphatic carbocycles. The Morgan fingerprint density at radius 2 is 2.29 bits per heavy atom. The standard InChI is InChI=1S/C12H17N3O2/c1-8-5-11(14-9(2)13-8)15-4-3-10(7-15)6-12(16)17/h5,10H,3-4,6-7H2,1-2H3,(H,16,17). The summed E-state index contributed by atoms with van der Waals surface area (Å²) in [5.41, 5.74) is 0.953. The highest BCUT2D eigenvalue weighted by atomic mass is 16.4. The first-order valence-electron chi connectivity index (χ1n) is 5.83. The van der Waals surface area contributed by atoms with Gasteiger partial charge < -0.3 is 10.0 Å². The van der Waals surface area contributed by atoms with Crippen molar-refractivity contribution in [1.29, 1.82) is 0 Å². The van der Waals surface area contributed by atoms with Crippen LogP contribution in [-0.2, 0) is 4.79 Å². The smallest absolute Gasteiger partial charge is 0.303 e. The van der Waals surface area contributed by atoms with Gasteiger partial charge in [0.15, 0.2) is 0 Å². The highest BCUT2D eigenvalue weighted by Gasteiger charge is 2.25. The molecular weight excluding hydrogens is 218 g/mol. The molecule has 17 heavy (non-hydrogen) atoms. The zero-order valence-electron chi connectivity index (χ0n) is 10.2. The van der Waals surface area contributed by atoms with Gasteiger partial charge in [-0.25, -0.2) is 9.97 Å². The lowest BCUT2D eigenvalue weighted by Gasteiger charge is -2.17. The fourth-order valence-electron chi connectivity index (χ4n) is 2.31. The van der Waals surface area contributed by atoms with Gasteiger partial charge in [-0.1, -0.05) is 0 Å². The lowest BCUT2D eigenvalue weighted by molar-refractivity contribution is -0.137. The summed E-state index contributed by atoms with van der Waals surface area (Å²) < 4.78 is 0. The van der Waals surface area contributed by atoms with Crippen LogP contribution < -0.4 is 4.90 Å². The number of carboxylic acid groups (broad SMARTS) is 1. The molecule has 5 nitrogen and oxygen atoms in total. The average molecular weight is 235 g/mol. The quantitative estimate of drug-likeness (QED) is 0.857. The lowest BCUT2D eigenvalue weighted by atomic mass is 10.1. The van der Waals surface area contributed by atoms with Gasteiger partial charge >= 0.3 is 5.97 Å². The first-order valence-corrected chi connectivity index (χ1v) is 5.83. The molecule has 1 aromatic rings. The Balaban J connectivity index is 2.07. The van der Waals surface area contributed by atoms with Gasteiger partial charge in [0, 0.05) is 31.3 Å². The number of carboxylic acids is 1. The molecule has 2 rings (SSSR count). The van der Waals surface area contributed by atoms with Gasteiger partial charge in [-0.15, -0.1) is 0 Å². The Morgan fingerprint density at radius 1 is 1.53 bits per heavy atom. The maximum Gasteiger partial charge on any atom is 0.303 e. The molecule has 2 heterocycles. The van der Waals surface area contributed by atoms with E-state index in [1.54, 1.807) is 0 Å². The number of hydrogen-bond donors (Lipinski definition) is 1. The predicted molar refractivity (Wildman–Crippen MR) is 64.1 cm³/mol. The van der Waals surface area contributed by atoms with Crippen molar-refractivity contribution in [3.63, 3.8) is 0 Å². The molecule has 1 N–H and O–H groups in total. The van der Waals surface area contributed by atoms with Gasteiger partial charge in [-0.2, -0.15) is 0 Å². The van der Waals surface area contributed by atoms with Crippen molar-refractivity contribution in [2.24, 2.45) is 5.92 Å².